The van der Waals surface area contributed by atoms with Gasteiger partial charge in [0, 0.05) is 31.7 Å². The molecule has 0 aliphatic carbocycles. The Morgan fingerprint density at radius 2 is 1.84 bits per heavy atom. The number of benzene rings is 2. The first kappa shape index (κ1) is 26.1. The summed E-state index contributed by atoms with van der Waals surface area (Å²) in [5, 5.41) is 3.86. The lowest BCUT2D eigenvalue weighted by Gasteiger charge is -2.35. The van der Waals surface area contributed by atoms with Crippen LogP contribution >= 0.6 is 0 Å². The minimum absolute atomic E-state index is 0.0185. The van der Waals surface area contributed by atoms with Crippen molar-refractivity contribution >= 4 is 33.7 Å². The molecule has 1 fully saturated rings. The Labute approximate surface area is 222 Å². The molecule has 1 aromatic heterocycles. The third-order valence-corrected chi connectivity index (χ3v) is 9.17. The summed E-state index contributed by atoms with van der Waals surface area (Å²) in [6.07, 6.45) is 6.95. The van der Waals surface area contributed by atoms with Gasteiger partial charge in [0.15, 0.2) is 10.7 Å². The molecule has 38 heavy (non-hydrogen) atoms. The van der Waals surface area contributed by atoms with E-state index >= 15 is 0 Å². The smallest absolute Gasteiger partial charge is 0.248 e. The normalized spacial score (nSPS) is 19.1. The van der Waals surface area contributed by atoms with Crippen LogP contribution in [0.15, 0.2) is 70.1 Å². The van der Waals surface area contributed by atoms with E-state index in [9.17, 15) is 17.6 Å². The van der Waals surface area contributed by atoms with Gasteiger partial charge in [-0.25, -0.2) is 12.8 Å². The topological polar surface area (TPSA) is 83.7 Å². The van der Waals surface area contributed by atoms with Crippen molar-refractivity contribution in [3.05, 3.63) is 89.1 Å². The minimum Gasteiger partial charge on any atom is -0.355 e. The molecule has 3 aromatic rings. The highest BCUT2D eigenvalue weighted by molar-refractivity contribution is 7.89. The lowest BCUT2D eigenvalue weighted by molar-refractivity contribution is -0.136. The second-order valence-corrected chi connectivity index (χ2v) is 11.5. The number of aryl methyl sites for hydroxylation is 1. The molecule has 1 amide bonds. The summed E-state index contributed by atoms with van der Waals surface area (Å²) in [4.78, 5) is 15.1. The van der Waals surface area contributed by atoms with Crippen LogP contribution in [0.4, 0.5) is 4.39 Å². The maximum absolute atomic E-state index is 14.0. The summed E-state index contributed by atoms with van der Waals surface area (Å²) in [6.45, 7) is 3.10. The van der Waals surface area contributed by atoms with Crippen LogP contribution in [0.1, 0.15) is 41.8 Å². The van der Waals surface area contributed by atoms with Gasteiger partial charge >= 0.3 is 0 Å². The van der Waals surface area contributed by atoms with Crippen LogP contribution in [0.25, 0.3) is 17.7 Å². The first-order valence-corrected chi connectivity index (χ1v) is 14.2. The van der Waals surface area contributed by atoms with E-state index in [-0.39, 0.29) is 28.8 Å². The number of rotatable bonds is 6. The Kier molecular flexibility index (Phi) is 7.58. The molecule has 9 heteroatoms. The van der Waals surface area contributed by atoms with Gasteiger partial charge in [-0.15, -0.1) is 0 Å². The summed E-state index contributed by atoms with van der Waals surface area (Å²) in [5.74, 6) is -0.822. The molecule has 7 nitrogen and oxygen atoms in total. The number of hydrogen-bond acceptors (Lipinski definition) is 5. The molecule has 5 rings (SSSR count). The van der Waals surface area contributed by atoms with Gasteiger partial charge in [-0.1, -0.05) is 59.8 Å². The largest absolute Gasteiger partial charge is 0.355 e. The molecule has 0 bridgehead atoms. The van der Waals surface area contributed by atoms with E-state index in [1.54, 1.807) is 25.1 Å². The molecular weight excluding hydrogens is 505 g/mol. The fourth-order valence-electron chi connectivity index (χ4n) is 5.11. The van der Waals surface area contributed by atoms with Crippen molar-refractivity contribution in [2.75, 3.05) is 26.2 Å². The number of carbonyl (C=O) groups is 1. The van der Waals surface area contributed by atoms with E-state index in [0.29, 0.717) is 38.0 Å². The van der Waals surface area contributed by atoms with Crippen LogP contribution in [0.2, 0.25) is 0 Å². The molecule has 0 spiro atoms. The third-order valence-electron chi connectivity index (χ3n) is 7.15. The number of hydrogen-bond donors (Lipinski definition) is 0. The van der Waals surface area contributed by atoms with Gasteiger partial charge in [0.25, 0.3) is 0 Å². The lowest BCUT2D eigenvalue weighted by atomic mass is 9.95. The van der Waals surface area contributed by atoms with Crippen LogP contribution in [0, 0.1) is 18.7 Å². The Bertz CT molecular complexity index is 1480. The average molecular weight is 536 g/mol. The molecule has 1 saturated heterocycles. The van der Waals surface area contributed by atoms with Crippen LogP contribution in [0.3, 0.4) is 0 Å². The Hall–Kier alpha value is -3.56. The van der Waals surface area contributed by atoms with Crippen molar-refractivity contribution in [1.82, 2.24) is 14.4 Å². The van der Waals surface area contributed by atoms with Gasteiger partial charge in [-0.05, 0) is 55.5 Å². The maximum atomic E-state index is 14.0. The number of carbonyl (C=O) groups excluding carboxylic acids is 1. The number of halogens is 1. The zero-order valence-electron chi connectivity index (χ0n) is 21.2. The van der Waals surface area contributed by atoms with Gasteiger partial charge in [0.1, 0.15) is 11.5 Å². The predicted molar refractivity (Wildman–Crippen MR) is 144 cm³/mol. The van der Waals surface area contributed by atoms with Gasteiger partial charge in [0.05, 0.1) is 5.92 Å². The third kappa shape index (κ3) is 5.35. The van der Waals surface area contributed by atoms with E-state index in [2.05, 4.69) is 23.4 Å². The van der Waals surface area contributed by atoms with E-state index in [1.165, 1.54) is 33.7 Å². The fraction of sp³-hybridized carbons (Fsp3) is 0.310. The van der Waals surface area contributed by atoms with Gasteiger partial charge < -0.3 is 9.42 Å². The van der Waals surface area contributed by atoms with E-state index in [0.717, 1.165) is 6.42 Å². The molecular formula is C29H30FN3O4S. The van der Waals surface area contributed by atoms with Crippen molar-refractivity contribution in [3.63, 3.8) is 0 Å². The summed E-state index contributed by atoms with van der Waals surface area (Å²) in [5.41, 5.74) is 2.92. The Morgan fingerprint density at radius 3 is 2.58 bits per heavy atom. The molecule has 0 unspecified atom stereocenters. The quantitative estimate of drug-likeness (QED) is 0.443. The van der Waals surface area contributed by atoms with Crippen molar-refractivity contribution in [3.8, 4) is 0 Å². The number of amides is 1. The lowest BCUT2D eigenvalue weighted by Crippen LogP contribution is -2.47. The van der Waals surface area contributed by atoms with Gasteiger partial charge in [-0.2, -0.15) is 4.31 Å². The second-order valence-electron chi connectivity index (χ2n) is 9.65. The van der Waals surface area contributed by atoms with Crippen molar-refractivity contribution in [2.45, 2.75) is 31.1 Å². The first-order valence-electron chi connectivity index (χ1n) is 12.8. The zero-order valence-corrected chi connectivity index (χ0v) is 22.0. The predicted octanol–water partition coefficient (Wildman–Crippen LogP) is 5.01. The van der Waals surface area contributed by atoms with Crippen LogP contribution < -0.4 is 0 Å². The number of piperidine rings is 1. The van der Waals surface area contributed by atoms with Crippen LogP contribution in [0.5, 0.6) is 0 Å². The summed E-state index contributed by atoms with van der Waals surface area (Å²) in [7, 11) is -3.99. The first-order chi connectivity index (χ1) is 18.3. The molecule has 3 heterocycles. The molecule has 2 aliphatic heterocycles. The van der Waals surface area contributed by atoms with Crippen molar-refractivity contribution in [2.24, 2.45) is 5.92 Å². The molecule has 0 saturated carbocycles. The number of nitrogens with zero attached hydrogens (tertiary/aromatic N) is 3. The maximum Gasteiger partial charge on any atom is 0.248 e. The highest BCUT2D eigenvalue weighted by atomic mass is 32.2. The molecule has 1 atom stereocenters. The molecule has 0 radical (unpaired) electrons. The van der Waals surface area contributed by atoms with Crippen molar-refractivity contribution < 1.29 is 22.1 Å². The van der Waals surface area contributed by atoms with Gasteiger partial charge in [0.2, 0.25) is 15.9 Å². The molecule has 198 valence electrons. The van der Waals surface area contributed by atoms with E-state index < -0.39 is 21.8 Å². The molecule has 2 aromatic carbocycles. The standard InChI is InChI=1S/C29H30FN3O4S/c1-21-28(27(37-31-21)14-13-24-10-5-6-12-26(24)30)38(35,36)33-17-7-11-25(20-33)29(34)32-18-15-23(16-19-32)22-8-3-2-4-9-22/h2-6,8-10,12-15,25H,7,11,16-20H2,1H3/b14-13+/t25-/m0/s1. The highest BCUT2D eigenvalue weighted by Crippen LogP contribution is 2.31. The van der Waals surface area contributed by atoms with E-state index in [4.69, 9.17) is 4.52 Å². The van der Waals surface area contributed by atoms with E-state index in [1.807, 2.05) is 23.1 Å². The van der Waals surface area contributed by atoms with Crippen LogP contribution in [-0.4, -0.2) is 54.9 Å². The number of sulfonamides is 1. The zero-order chi connectivity index (χ0) is 26.7. The monoisotopic (exact) mass is 535 g/mol. The summed E-state index contributed by atoms with van der Waals surface area (Å²) in [6, 6.07) is 16.3. The minimum atomic E-state index is -3.99. The van der Waals surface area contributed by atoms with Crippen molar-refractivity contribution in [1.29, 1.82) is 0 Å². The Balaban J connectivity index is 1.31. The molecule has 2 aliphatic rings. The average Bonchev–Trinajstić information content (AvgIpc) is 3.33. The van der Waals surface area contributed by atoms with Gasteiger partial charge in [-0.3, -0.25) is 4.79 Å². The summed E-state index contributed by atoms with van der Waals surface area (Å²) < 4.78 is 48.1. The second kappa shape index (κ2) is 11.0. The fourth-order valence-corrected chi connectivity index (χ4v) is 6.88. The summed E-state index contributed by atoms with van der Waals surface area (Å²) >= 11 is 0. The number of aromatic nitrogens is 1. The Morgan fingerprint density at radius 1 is 1.08 bits per heavy atom. The van der Waals surface area contributed by atoms with Crippen LogP contribution in [-0.2, 0) is 14.8 Å². The molecule has 0 N–H and O–H groups in total. The highest BCUT2D eigenvalue weighted by Gasteiger charge is 2.38. The SMILES string of the molecule is Cc1noc(/C=C/c2ccccc2F)c1S(=O)(=O)N1CCC[C@H](C(=O)N2CC=C(c3ccccc3)CC2)C1.